The molecule has 2 fully saturated rings. The molecule has 0 bridgehead atoms. The van der Waals surface area contributed by atoms with Crippen LogP contribution < -0.4 is 0 Å². The first-order chi connectivity index (χ1) is 14.6. The highest BCUT2D eigenvalue weighted by Gasteiger charge is 2.46. The molecule has 30 heavy (non-hydrogen) atoms. The number of carbonyl (C=O) groups is 1. The van der Waals surface area contributed by atoms with E-state index < -0.39 is 0 Å². The number of nitrogens with zero attached hydrogens (tertiary/aromatic N) is 3. The summed E-state index contributed by atoms with van der Waals surface area (Å²) in [4.78, 5) is 19.6. The molecular formula is C23H21BrFN3O2. The van der Waals surface area contributed by atoms with Gasteiger partial charge in [-0.1, -0.05) is 33.2 Å². The van der Waals surface area contributed by atoms with Gasteiger partial charge in [0.2, 0.25) is 17.6 Å². The van der Waals surface area contributed by atoms with Crippen molar-refractivity contribution in [3.8, 4) is 11.4 Å². The number of hydrogen-bond acceptors (Lipinski definition) is 4. The zero-order valence-corrected chi connectivity index (χ0v) is 17.9. The van der Waals surface area contributed by atoms with E-state index in [4.69, 9.17) is 4.52 Å². The highest BCUT2D eigenvalue weighted by molar-refractivity contribution is 9.10. The van der Waals surface area contributed by atoms with Crippen molar-refractivity contribution in [3.05, 3.63) is 70.3 Å². The number of hydrogen-bond donors (Lipinski definition) is 0. The second-order valence-electron chi connectivity index (χ2n) is 8.09. The van der Waals surface area contributed by atoms with Crippen molar-refractivity contribution in [2.24, 2.45) is 5.92 Å². The number of aromatic nitrogens is 2. The van der Waals surface area contributed by atoms with E-state index in [0.717, 1.165) is 30.3 Å². The van der Waals surface area contributed by atoms with Gasteiger partial charge in [-0.25, -0.2) is 4.39 Å². The van der Waals surface area contributed by atoms with Gasteiger partial charge in [0.25, 0.3) is 0 Å². The minimum Gasteiger partial charge on any atom is -0.342 e. The van der Waals surface area contributed by atoms with Gasteiger partial charge in [-0.15, -0.1) is 0 Å². The van der Waals surface area contributed by atoms with Gasteiger partial charge >= 0.3 is 0 Å². The van der Waals surface area contributed by atoms with Crippen LogP contribution in [0, 0.1) is 11.7 Å². The van der Waals surface area contributed by atoms with Crippen LogP contribution >= 0.6 is 15.9 Å². The third-order valence-electron chi connectivity index (χ3n) is 6.01. The Morgan fingerprint density at radius 3 is 2.83 bits per heavy atom. The minimum atomic E-state index is -0.301. The molecule has 5 rings (SSSR count). The van der Waals surface area contributed by atoms with Crippen molar-refractivity contribution in [2.45, 2.75) is 31.1 Å². The van der Waals surface area contributed by atoms with Crippen molar-refractivity contribution in [2.75, 3.05) is 13.1 Å². The van der Waals surface area contributed by atoms with Gasteiger partial charge in [-0.2, -0.15) is 4.98 Å². The smallest absolute Gasteiger partial charge is 0.231 e. The minimum absolute atomic E-state index is 0.0347. The average Bonchev–Trinajstić information content (AvgIpc) is 3.42. The van der Waals surface area contributed by atoms with E-state index in [9.17, 15) is 9.18 Å². The Balaban J connectivity index is 1.25. The van der Waals surface area contributed by atoms with Crippen LogP contribution in [0.1, 0.15) is 42.6 Å². The first kappa shape index (κ1) is 19.4. The molecule has 1 aliphatic carbocycles. The Labute approximate surface area is 182 Å². The molecule has 0 spiro atoms. The van der Waals surface area contributed by atoms with Gasteiger partial charge in [0, 0.05) is 29.0 Å². The Kier molecular flexibility index (Phi) is 5.15. The third-order valence-corrected chi connectivity index (χ3v) is 6.50. The second-order valence-corrected chi connectivity index (χ2v) is 9.01. The maximum absolute atomic E-state index is 13.1. The van der Waals surface area contributed by atoms with Crippen molar-refractivity contribution < 1.29 is 13.7 Å². The molecule has 3 atom stereocenters. The normalized spacial score (nSPS) is 23.4. The van der Waals surface area contributed by atoms with E-state index in [1.165, 1.54) is 17.7 Å². The number of likely N-dealkylation sites (tertiary alicyclic amines) is 1. The largest absolute Gasteiger partial charge is 0.342 e. The molecule has 1 amide bonds. The van der Waals surface area contributed by atoms with Gasteiger partial charge in [-0.05, 0) is 67.1 Å². The first-order valence-electron chi connectivity index (χ1n) is 10.2. The Morgan fingerprint density at radius 1 is 1.20 bits per heavy atom. The fourth-order valence-corrected chi connectivity index (χ4v) is 4.72. The van der Waals surface area contributed by atoms with E-state index in [2.05, 4.69) is 38.2 Å². The molecule has 1 aliphatic heterocycles. The molecule has 7 heteroatoms. The summed E-state index contributed by atoms with van der Waals surface area (Å²) >= 11 is 3.51. The zero-order valence-electron chi connectivity index (χ0n) is 16.3. The molecule has 5 nitrogen and oxygen atoms in total. The standard InChI is InChI=1S/C23H21BrFN3O2/c24-17-5-1-3-15(11-17)19-12-20(19)23(29)28-10-2-4-16(13-28)22-26-21(27-30-22)14-6-8-18(25)9-7-14/h1,3,5-9,11,16,19-20H,2,4,10,12-13H2/t16-,19-,20+/m0/s1. The average molecular weight is 470 g/mol. The molecule has 2 aromatic carbocycles. The summed E-state index contributed by atoms with van der Waals surface area (Å²) in [6.07, 6.45) is 2.74. The van der Waals surface area contributed by atoms with Crippen LogP contribution in [-0.2, 0) is 4.79 Å². The summed E-state index contributed by atoms with van der Waals surface area (Å²) in [5, 5.41) is 4.05. The van der Waals surface area contributed by atoms with E-state index in [1.54, 1.807) is 12.1 Å². The summed E-state index contributed by atoms with van der Waals surface area (Å²) < 4.78 is 19.7. The van der Waals surface area contributed by atoms with Gasteiger partial charge in [0.05, 0.1) is 5.92 Å². The highest BCUT2D eigenvalue weighted by Crippen LogP contribution is 2.49. The van der Waals surface area contributed by atoms with Crippen LogP contribution in [0.2, 0.25) is 0 Å². The number of rotatable bonds is 4. The van der Waals surface area contributed by atoms with Crippen LogP contribution in [0.4, 0.5) is 4.39 Å². The van der Waals surface area contributed by atoms with Gasteiger partial charge in [0.1, 0.15) is 5.82 Å². The zero-order chi connectivity index (χ0) is 20.7. The molecule has 3 aromatic rings. The van der Waals surface area contributed by atoms with Crippen LogP contribution in [-0.4, -0.2) is 34.0 Å². The van der Waals surface area contributed by atoms with E-state index in [1.807, 2.05) is 17.0 Å². The fraction of sp³-hybridized carbons (Fsp3) is 0.348. The number of piperidine rings is 1. The number of amides is 1. The Morgan fingerprint density at radius 2 is 2.03 bits per heavy atom. The van der Waals surface area contributed by atoms with Crippen molar-refractivity contribution >= 4 is 21.8 Å². The lowest BCUT2D eigenvalue weighted by Gasteiger charge is -2.31. The quantitative estimate of drug-likeness (QED) is 0.530. The summed E-state index contributed by atoms with van der Waals surface area (Å²) in [6.45, 7) is 1.38. The second kappa shape index (κ2) is 7.95. The van der Waals surface area contributed by atoms with E-state index >= 15 is 0 Å². The molecule has 2 aliphatic rings. The van der Waals surface area contributed by atoms with Crippen LogP contribution in [0.3, 0.4) is 0 Å². The summed E-state index contributed by atoms with van der Waals surface area (Å²) in [7, 11) is 0. The topological polar surface area (TPSA) is 59.2 Å². The van der Waals surface area contributed by atoms with E-state index in [0.29, 0.717) is 29.7 Å². The molecule has 0 N–H and O–H groups in total. The predicted molar refractivity (Wildman–Crippen MR) is 113 cm³/mol. The first-order valence-corrected chi connectivity index (χ1v) is 11.0. The van der Waals surface area contributed by atoms with Crippen LogP contribution in [0.5, 0.6) is 0 Å². The lowest BCUT2D eigenvalue weighted by atomic mass is 9.97. The number of halogens is 2. The molecule has 1 saturated carbocycles. The molecule has 0 unspecified atom stereocenters. The van der Waals surface area contributed by atoms with Crippen molar-refractivity contribution in [1.29, 1.82) is 0 Å². The maximum Gasteiger partial charge on any atom is 0.231 e. The summed E-state index contributed by atoms with van der Waals surface area (Å²) in [6, 6.07) is 14.2. The van der Waals surface area contributed by atoms with Gasteiger partial charge in [-0.3, -0.25) is 4.79 Å². The number of benzene rings is 2. The maximum atomic E-state index is 13.1. The van der Waals surface area contributed by atoms with Crippen molar-refractivity contribution in [3.63, 3.8) is 0 Å². The molecule has 0 radical (unpaired) electrons. The van der Waals surface area contributed by atoms with Crippen LogP contribution in [0.25, 0.3) is 11.4 Å². The highest BCUT2D eigenvalue weighted by atomic mass is 79.9. The summed E-state index contributed by atoms with van der Waals surface area (Å²) in [5.41, 5.74) is 1.93. The monoisotopic (exact) mass is 469 g/mol. The van der Waals surface area contributed by atoms with E-state index in [-0.39, 0.29) is 23.6 Å². The lowest BCUT2D eigenvalue weighted by molar-refractivity contribution is -0.134. The SMILES string of the molecule is O=C([C@@H]1C[C@H]1c1cccc(Br)c1)N1CCC[C@H](c2nc(-c3ccc(F)cc3)no2)C1. The Bertz CT molecular complexity index is 1070. The van der Waals surface area contributed by atoms with Gasteiger partial charge < -0.3 is 9.42 Å². The number of carbonyl (C=O) groups excluding carboxylic acids is 1. The molecule has 2 heterocycles. The lowest BCUT2D eigenvalue weighted by Crippen LogP contribution is -2.40. The molecular weight excluding hydrogens is 449 g/mol. The van der Waals surface area contributed by atoms with Gasteiger partial charge in [0.15, 0.2) is 0 Å². The molecule has 154 valence electrons. The molecule has 1 saturated heterocycles. The Hall–Kier alpha value is -2.54. The third kappa shape index (κ3) is 3.90. The van der Waals surface area contributed by atoms with Crippen molar-refractivity contribution in [1.82, 2.24) is 15.0 Å². The molecule has 1 aromatic heterocycles. The summed E-state index contributed by atoms with van der Waals surface area (Å²) in [5.74, 6) is 1.33. The predicted octanol–water partition coefficient (Wildman–Crippen LogP) is 5.15. The fourth-order valence-electron chi connectivity index (χ4n) is 4.30. The van der Waals surface area contributed by atoms with Crippen LogP contribution in [0.15, 0.2) is 57.5 Å².